The van der Waals surface area contributed by atoms with E-state index in [9.17, 15) is 9.59 Å². The van der Waals surface area contributed by atoms with E-state index in [0.29, 0.717) is 11.3 Å². The van der Waals surface area contributed by atoms with Crippen molar-refractivity contribution in [2.45, 2.75) is 27.3 Å². The van der Waals surface area contributed by atoms with Crippen molar-refractivity contribution < 1.29 is 9.90 Å². The number of nitrogens with zero attached hydrogens (tertiary/aromatic N) is 2. The number of carboxylic acid groups (broad SMARTS) is 1. The standard InChI is InChI=1S/C11H13BrN2O3/c1-6(4-9(15)16)5-14-8(3)10(12)7(2)13-11(14)17/h4H,5H2,1-3H3,(H,15,16). The molecular weight excluding hydrogens is 288 g/mol. The summed E-state index contributed by atoms with van der Waals surface area (Å²) in [6, 6.07) is 0. The molecule has 0 radical (unpaired) electrons. The van der Waals surface area contributed by atoms with Crippen LogP contribution in [0.2, 0.25) is 0 Å². The number of hydrogen-bond acceptors (Lipinski definition) is 3. The van der Waals surface area contributed by atoms with Crippen LogP contribution in [0.15, 0.2) is 20.9 Å². The van der Waals surface area contributed by atoms with Gasteiger partial charge < -0.3 is 5.11 Å². The summed E-state index contributed by atoms with van der Waals surface area (Å²) in [6.45, 7) is 5.41. The van der Waals surface area contributed by atoms with E-state index in [4.69, 9.17) is 5.11 Å². The number of carbonyl (C=O) groups is 1. The minimum atomic E-state index is -1.02. The Morgan fingerprint density at radius 3 is 2.65 bits per heavy atom. The van der Waals surface area contributed by atoms with Crippen LogP contribution in [0.25, 0.3) is 0 Å². The Kier molecular flexibility index (Phi) is 4.22. The number of aryl methyl sites for hydroxylation is 1. The molecule has 92 valence electrons. The van der Waals surface area contributed by atoms with Crippen LogP contribution < -0.4 is 5.69 Å². The molecule has 6 heteroatoms. The van der Waals surface area contributed by atoms with Crippen LogP contribution in [-0.4, -0.2) is 20.6 Å². The maximum atomic E-state index is 11.7. The van der Waals surface area contributed by atoms with Crippen LogP contribution in [0, 0.1) is 13.8 Å². The number of hydrogen-bond donors (Lipinski definition) is 1. The lowest BCUT2D eigenvalue weighted by molar-refractivity contribution is -0.131. The molecule has 0 saturated carbocycles. The first-order valence-electron chi connectivity index (χ1n) is 4.96. The van der Waals surface area contributed by atoms with Gasteiger partial charge in [0.25, 0.3) is 0 Å². The fraction of sp³-hybridized carbons (Fsp3) is 0.364. The van der Waals surface area contributed by atoms with Crippen LogP contribution >= 0.6 is 15.9 Å². The van der Waals surface area contributed by atoms with E-state index in [1.807, 2.05) is 0 Å². The lowest BCUT2D eigenvalue weighted by Crippen LogP contribution is -2.27. The summed E-state index contributed by atoms with van der Waals surface area (Å²) < 4.78 is 2.20. The first-order valence-corrected chi connectivity index (χ1v) is 5.76. The molecule has 17 heavy (non-hydrogen) atoms. The second kappa shape index (κ2) is 5.27. The fourth-order valence-electron chi connectivity index (χ4n) is 1.47. The monoisotopic (exact) mass is 300 g/mol. The van der Waals surface area contributed by atoms with Crippen molar-refractivity contribution in [3.05, 3.63) is 38.0 Å². The molecule has 5 nitrogen and oxygen atoms in total. The Bertz CT molecular complexity index is 546. The smallest absolute Gasteiger partial charge is 0.348 e. The summed E-state index contributed by atoms with van der Waals surface area (Å²) in [5.41, 5.74) is 1.57. The Morgan fingerprint density at radius 1 is 1.53 bits per heavy atom. The molecule has 0 amide bonds. The largest absolute Gasteiger partial charge is 0.478 e. The maximum absolute atomic E-state index is 11.7. The van der Waals surface area contributed by atoms with Gasteiger partial charge in [-0.25, -0.2) is 9.59 Å². The highest BCUT2D eigenvalue weighted by Crippen LogP contribution is 2.17. The summed E-state index contributed by atoms with van der Waals surface area (Å²) >= 11 is 3.35. The lowest BCUT2D eigenvalue weighted by Gasteiger charge is -2.11. The first-order chi connectivity index (χ1) is 7.82. The zero-order valence-corrected chi connectivity index (χ0v) is 11.4. The molecule has 1 aromatic rings. The number of aromatic nitrogens is 2. The van der Waals surface area contributed by atoms with Gasteiger partial charge in [-0.1, -0.05) is 0 Å². The SMILES string of the molecule is CC(=CC(=O)O)Cn1c(C)c(Br)c(C)nc1=O. The quantitative estimate of drug-likeness (QED) is 0.862. The van der Waals surface area contributed by atoms with Gasteiger partial charge in [0.1, 0.15) is 0 Å². The van der Waals surface area contributed by atoms with Crippen molar-refractivity contribution in [2.75, 3.05) is 0 Å². The molecule has 1 N–H and O–H groups in total. The molecule has 0 unspecified atom stereocenters. The molecule has 0 bridgehead atoms. The zero-order chi connectivity index (χ0) is 13.2. The Balaban J connectivity index is 3.21. The van der Waals surface area contributed by atoms with Crippen molar-refractivity contribution in [1.29, 1.82) is 0 Å². The molecule has 0 fully saturated rings. The summed E-state index contributed by atoms with van der Waals surface area (Å²) in [6.07, 6.45) is 1.08. The maximum Gasteiger partial charge on any atom is 0.348 e. The number of halogens is 1. The molecule has 0 aliphatic rings. The molecule has 0 spiro atoms. The summed E-state index contributed by atoms with van der Waals surface area (Å²) in [5, 5.41) is 8.61. The number of allylic oxidation sites excluding steroid dienone is 1. The summed E-state index contributed by atoms with van der Waals surface area (Å²) in [4.78, 5) is 26.0. The molecule has 1 heterocycles. The lowest BCUT2D eigenvalue weighted by atomic mass is 10.2. The van der Waals surface area contributed by atoms with Gasteiger partial charge in [0, 0.05) is 18.3 Å². The van der Waals surface area contributed by atoms with Crippen LogP contribution in [0.1, 0.15) is 18.3 Å². The molecule has 0 saturated heterocycles. The third kappa shape index (κ3) is 3.26. The molecule has 0 aliphatic heterocycles. The van der Waals surface area contributed by atoms with Crippen LogP contribution in [0.3, 0.4) is 0 Å². The van der Waals surface area contributed by atoms with Gasteiger partial charge >= 0.3 is 11.7 Å². The van der Waals surface area contributed by atoms with Gasteiger partial charge in [-0.3, -0.25) is 4.57 Å². The number of carboxylic acids is 1. The predicted octanol–water partition coefficient (Wildman–Crippen LogP) is 1.65. The van der Waals surface area contributed by atoms with Crippen molar-refractivity contribution in [2.24, 2.45) is 0 Å². The average molecular weight is 301 g/mol. The molecular formula is C11H13BrN2O3. The minimum absolute atomic E-state index is 0.225. The van der Waals surface area contributed by atoms with E-state index in [-0.39, 0.29) is 12.2 Å². The van der Waals surface area contributed by atoms with Gasteiger partial charge in [-0.15, -0.1) is 0 Å². The van der Waals surface area contributed by atoms with E-state index in [1.54, 1.807) is 20.8 Å². The first kappa shape index (κ1) is 13.6. The normalized spacial score (nSPS) is 11.6. The molecule has 1 aromatic heterocycles. The number of aliphatic carboxylic acids is 1. The van der Waals surface area contributed by atoms with E-state index in [1.165, 1.54) is 4.57 Å². The van der Waals surface area contributed by atoms with Gasteiger partial charge in [0.15, 0.2) is 0 Å². The fourth-order valence-corrected chi connectivity index (χ4v) is 1.77. The van der Waals surface area contributed by atoms with Gasteiger partial charge in [-0.05, 0) is 42.3 Å². The number of rotatable bonds is 3. The third-order valence-corrected chi connectivity index (χ3v) is 3.46. The Hall–Kier alpha value is -1.43. The van der Waals surface area contributed by atoms with Gasteiger partial charge in [-0.2, -0.15) is 4.98 Å². The van der Waals surface area contributed by atoms with E-state index in [2.05, 4.69) is 20.9 Å². The van der Waals surface area contributed by atoms with Crippen LogP contribution in [0.4, 0.5) is 0 Å². The molecule has 0 atom stereocenters. The zero-order valence-electron chi connectivity index (χ0n) is 9.82. The van der Waals surface area contributed by atoms with Crippen LogP contribution in [-0.2, 0) is 11.3 Å². The van der Waals surface area contributed by atoms with E-state index >= 15 is 0 Å². The molecule has 1 rings (SSSR count). The Morgan fingerprint density at radius 2 is 2.12 bits per heavy atom. The van der Waals surface area contributed by atoms with Crippen molar-refractivity contribution in [3.8, 4) is 0 Å². The third-order valence-electron chi connectivity index (χ3n) is 2.31. The Labute approximate surface area is 107 Å². The van der Waals surface area contributed by atoms with Gasteiger partial charge in [0.2, 0.25) is 0 Å². The van der Waals surface area contributed by atoms with E-state index < -0.39 is 5.97 Å². The van der Waals surface area contributed by atoms with Crippen molar-refractivity contribution in [3.63, 3.8) is 0 Å². The van der Waals surface area contributed by atoms with Gasteiger partial charge in [0.05, 0.1) is 10.2 Å². The summed E-state index contributed by atoms with van der Waals surface area (Å²) in [5.74, 6) is -1.02. The molecule has 0 aliphatic carbocycles. The van der Waals surface area contributed by atoms with Crippen LogP contribution in [0.5, 0.6) is 0 Å². The highest BCUT2D eigenvalue weighted by Gasteiger charge is 2.09. The average Bonchev–Trinajstić information content (AvgIpc) is 2.20. The summed E-state index contributed by atoms with van der Waals surface area (Å²) in [7, 11) is 0. The predicted molar refractivity (Wildman–Crippen MR) is 67.1 cm³/mol. The van der Waals surface area contributed by atoms with E-state index in [0.717, 1.165) is 16.2 Å². The highest BCUT2D eigenvalue weighted by molar-refractivity contribution is 9.10. The van der Waals surface area contributed by atoms with Crippen molar-refractivity contribution in [1.82, 2.24) is 9.55 Å². The second-order valence-electron chi connectivity index (χ2n) is 3.79. The topological polar surface area (TPSA) is 72.2 Å². The molecule has 0 aromatic carbocycles. The minimum Gasteiger partial charge on any atom is -0.478 e. The highest BCUT2D eigenvalue weighted by atomic mass is 79.9. The van der Waals surface area contributed by atoms with Crippen molar-refractivity contribution >= 4 is 21.9 Å². The second-order valence-corrected chi connectivity index (χ2v) is 4.59.